The molecule has 5 heteroatoms. The maximum Gasteiger partial charge on any atom is 0.257 e. The van der Waals surface area contributed by atoms with Gasteiger partial charge in [0.15, 0.2) is 5.82 Å². The third-order valence-corrected chi connectivity index (χ3v) is 2.72. The van der Waals surface area contributed by atoms with Crippen molar-refractivity contribution < 1.29 is 0 Å². The normalized spacial score (nSPS) is 10.7. The molecule has 0 aliphatic carbocycles. The first kappa shape index (κ1) is 10.6. The van der Waals surface area contributed by atoms with Crippen molar-refractivity contribution >= 4 is 22.4 Å². The molecule has 3 rings (SSSR count). The Morgan fingerprint density at radius 1 is 1.22 bits per heavy atom. The minimum Gasteiger partial charge on any atom is -0.325 e. The Labute approximate surface area is 103 Å². The van der Waals surface area contributed by atoms with Gasteiger partial charge in [0.1, 0.15) is 5.82 Å². The number of anilines is 2. The number of aromatic nitrogens is 3. The van der Waals surface area contributed by atoms with Gasteiger partial charge in [-0.15, -0.1) is 0 Å². The van der Waals surface area contributed by atoms with Crippen molar-refractivity contribution in [1.82, 2.24) is 15.2 Å². The SMILES string of the molecule is Cc1cc(Nc2cc3ccccc3c(=O)[nH]2)n[nH]1. The van der Waals surface area contributed by atoms with Crippen molar-refractivity contribution in [3.8, 4) is 0 Å². The van der Waals surface area contributed by atoms with Gasteiger partial charge in [0.25, 0.3) is 5.56 Å². The van der Waals surface area contributed by atoms with Gasteiger partial charge in [0, 0.05) is 17.1 Å². The van der Waals surface area contributed by atoms with Crippen LogP contribution >= 0.6 is 0 Å². The molecule has 0 spiro atoms. The number of rotatable bonds is 2. The molecule has 0 saturated heterocycles. The van der Waals surface area contributed by atoms with Gasteiger partial charge in [-0.05, 0) is 24.4 Å². The Morgan fingerprint density at radius 2 is 2.06 bits per heavy atom. The number of aromatic amines is 2. The number of fused-ring (bicyclic) bond motifs is 1. The van der Waals surface area contributed by atoms with Gasteiger partial charge < -0.3 is 10.3 Å². The van der Waals surface area contributed by atoms with Crippen LogP contribution in [0.25, 0.3) is 10.8 Å². The van der Waals surface area contributed by atoms with E-state index in [9.17, 15) is 4.79 Å². The summed E-state index contributed by atoms with van der Waals surface area (Å²) in [5.41, 5.74) is 0.850. The van der Waals surface area contributed by atoms with E-state index in [-0.39, 0.29) is 5.56 Å². The van der Waals surface area contributed by atoms with Crippen LogP contribution in [0, 0.1) is 6.92 Å². The molecule has 3 aromatic rings. The fourth-order valence-electron chi connectivity index (χ4n) is 1.90. The van der Waals surface area contributed by atoms with Crippen molar-refractivity contribution in [2.45, 2.75) is 6.92 Å². The molecule has 2 aromatic heterocycles. The molecule has 5 nitrogen and oxygen atoms in total. The zero-order valence-corrected chi connectivity index (χ0v) is 9.82. The van der Waals surface area contributed by atoms with Gasteiger partial charge in [-0.25, -0.2) is 0 Å². The zero-order valence-electron chi connectivity index (χ0n) is 9.82. The predicted molar refractivity (Wildman–Crippen MR) is 71.2 cm³/mol. The summed E-state index contributed by atoms with van der Waals surface area (Å²) in [5, 5.41) is 11.5. The monoisotopic (exact) mass is 240 g/mol. The average molecular weight is 240 g/mol. The van der Waals surface area contributed by atoms with Crippen molar-refractivity contribution in [3.05, 3.63) is 52.4 Å². The molecule has 0 fully saturated rings. The highest BCUT2D eigenvalue weighted by molar-refractivity contribution is 5.84. The van der Waals surface area contributed by atoms with E-state index in [1.807, 2.05) is 37.3 Å². The number of pyridine rings is 1. The van der Waals surface area contributed by atoms with Crippen molar-refractivity contribution in [2.75, 3.05) is 5.32 Å². The molecule has 0 aliphatic rings. The van der Waals surface area contributed by atoms with E-state index in [0.717, 1.165) is 11.1 Å². The minimum absolute atomic E-state index is 0.108. The molecular formula is C13H12N4O. The molecule has 0 atom stereocenters. The summed E-state index contributed by atoms with van der Waals surface area (Å²) in [7, 11) is 0. The van der Waals surface area contributed by atoms with Gasteiger partial charge in [0.2, 0.25) is 0 Å². The molecule has 0 unspecified atom stereocenters. The van der Waals surface area contributed by atoms with Crippen LogP contribution in [0.2, 0.25) is 0 Å². The maximum atomic E-state index is 11.9. The molecule has 0 aliphatic heterocycles. The molecule has 1 aromatic carbocycles. The summed E-state index contributed by atoms with van der Waals surface area (Å²) in [6.45, 7) is 1.92. The minimum atomic E-state index is -0.108. The van der Waals surface area contributed by atoms with Crippen LogP contribution in [0.1, 0.15) is 5.69 Å². The Kier molecular flexibility index (Phi) is 2.37. The van der Waals surface area contributed by atoms with Crippen LogP contribution < -0.4 is 10.9 Å². The Bertz CT molecular complexity index is 757. The summed E-state index contributed by atoms with van der Waals surface area (Å²) < 4.78 is 0. The van der Waals surface area contributed by atoms with Gasteiger partial charge in [-0.1, -0.05) is 18.2 Å². The molecule has 0 saturated carbocycles. The van der Waals surface area contributed by atoms with E-state index < -0.39 is 0 Å². The Hall–Kier alpha value is -2.56. The third kappa shape index (κ3) is 1.86. The van der Waals surface area contributed by atoms with Crippen LogP contribution in [-0.4, -0.2) is 15.2 Å². The number of benzene rings is 1. The number of hydrogen-bond acceptors (Lipinski definition) is 3. The largest absolute Gasteiger partial charge is 0.325 e. The molecule has 0 bridgehead atoms. The van der Waals surface area contributed by atoms with Gasteiger partial charge in [-0.2, -0.15) is 5.10 Å². The number of H-pyrrole nitrogens is 2. The van der Waals surface area contributed by atoms with Crippen molar-refractivity contribution in [3.63, 3.8) is 0 Å². The highest BCUT2D eigenvalue weighted by Crippen LogP contribution is 2.16. The first-order valence-corrected chi connectivity index (χ1v) is 5.63. The third-order valence-electron chi connectivity index (χ3n) is 2.72. The molecular weight excluding hydrogens is 228 g/mol. The summed E-state index contributed by atoms with van der Waals surface area (Å²) in [6.07, 6.45) is 0. The quantitative estimate of drug-likeness (QED) is 0.643. The first-order valence-electron chi connectivity index (χ1n) is 5.63. The average Bonchev–Trinajstić information content (AvgIpc) is 2.75. The lowest BCUT2D eigenvalue weighted by Gasteiger charge is -2.04. The topological polar surface area (TPSA) is 73.6 Å². The summed E-state index contributed by atoms with van der Waals surface area (Å²) in [5.74, 6) is 1.31. The smallest absolute Gasteiger partial charge is 0.257 e. The fourth-order valence-corrected chi connectivity index (χ4v) is 1.90. The summed E-state index contributed by atoms with van der Waals surface area (Å²) >= 11 is 0. The Balaban J connectivity index is 2.05. The molecule has 90 valence electrons. The van der Waals surface area contributed by atoms with Gasteiger partial charge in [0.05, 0.1) is 0 Å². The Morgan fingerprint density at radius 3 is 2.83 bits per heavy atom. The van der Waals surface area contributed by atoms with Crippen LogP contribution in [-0.2, 0) is 0 Å². The predicted octanol–water partition coefficient (Wildman–Crippen LogP) is 2.30. The standard InChI is InChI=1S/C13H12N4O/c1-8-6-12(17-16-8)14-11-7-9-4-2-3-5-10(9)13(18)15-11/h2-7H,1H3,(H3,14,15,16,17,18). The van der Waals surface area contributed by atoms with E-state index in [1.54, 1.807) is 6.07 Å². The number of aryl methyl sites for hydroxylation is 1. The van der Waals surface area contributed by atoms with E-state index in [1.165, 1.54) is 0 Å². The van der Waals surface area contributed by atoms with E-state index in [4.69, 9.17) is 0 Å². The van der Waals surface area contributed by atoms with E-state index in [2.05, 4.69) is 20.5 Å². The molecule has 3 N–H and O–H groups in total. The van der Waals surface area contributed by atoms with Crippen LogP contribution in [0.5, 0.6) is 0 Å². The second-order valence-corrected chi connectivity index (χ2v) is 4.16. The van der Waals surface area contributed by atoms with Crippen molar-refractivity contribution in [2.24, 2.45) is 0 Å². The second-order valence-electron chi connectivity index (χ2n) is 4.16. The van der Waals surface area contributed by atoms with E-state index in [0.29, 0.717) is 17.0 Å². The lowest BCUT2D eigenvalue weighted by Crippen LogP contribution is -2.08. The van der Waals surface area contributed by atoms with Crippen LogP contribution in [0.15, 0.2) is 41.2 Å². The molecule has 0 amide bonds. The zero-order chi connectivity index (χ0) is 12.5. The highest BCUT2D eigenvalue weighted by atomic mass is 16.1. The highest BCUT2D eigenvalue weighted by Gasteiger charge is 2.03. The second kappa shape index (κ2) is 4.03. The lowest BCUT2D eigenvalue weighted by atomic mass is 10.2. The summed E-state index contributed by atoms with van der Waals surface area (Å²) in [6, 6.07) is 11.2. The molecule has 2 heterocycles. The fraction of sp³-hybridized carbons (Fsp3) is 0.0769. The van der Waals surface area contributed by atoms with Crippen molar-refractivity contribution in [1.29, 1.82) is 0 Å². The summed E-state index contributed by atoms with van der Waals surface area (Å²) in [4.78, 5) is 14.7. The van der Waals surface area contributed by atoms with Gasteiger partial charge >= 0.3 is 0 Å². The number of nitrogens with zero attached hydrogens (tertiary/aromatic N) is 1. The lowest BCUT2D eigenvalue weighted by molar-refractivity contribution is 1.05. The van der Waals surface area contributed by atoms with Crippen LogP contribution in [0.3, 0.4) is 0 Å². The molecule has 0 radical (unpaired) electrons. The number of hydrogen-bond donors (Lipinski definition) is 3. The van der Waals surface area contributed by atoms with Gasteiger partial charge in [-0.3, -0.25) is 9.89 Å². The molecule has 18 heavy (non-hydrogen) atoms. The number of nitrogens with one attached hydrogen (secondary N) is 3. The maximum absolute atomic E-state index is 11.9. The van der Waals surface area contributed by atoms with Crippen LogP contribution in [0.4, 0.5) is 11.6 Å². The first-order chi connectivity index (χ1) is 8.72. The van der Waals surface area contributed by atoms with E-state index >= 15 is 0 Å².